The normalized spacial score (nSPS) is 27.2. The number of rotatable bonds is 5. The summed E-state index contributed by atoms with van der Waals surface area (Å²) in [4.78, 5) is 7.01. The van der Waals surface area contributed by atoms with Gasteiger partial charge < -0.3 is 5.11 Å². The summed E-state index contributed by atoms with van der Waals surface area (Å²) >= 11 is 0. The molecule has 0 radical (unpaired) electrons. The number of likely N-dealkylation sites (tertiary alicyclic amines) is 1. The molecule has 1 N–H and O–H groups in total. The Balaban J connectivity index is 1.97. The summed E-state index contributed by atoms with van der Waals surface area (Å²) in [7, 11) is 0. The summed E-state index contributed by atoms with van der Waals surface area (Å²) in [6.45, 7) is 11.5. The van der Waals surface area contributed by atoms with E-state index in [-0.39, 0.29) is 0 Å². The number of piperidine rings is 1. The summed E-state index contributed by atoms with van der Waals surface area (Å²) in [5.41, 5.74) is 1.91. The van der Waals surface area contributed by atoms with E-state index in [2.05, 4.69) is 42.8 Å². The number of hydrogen-bond acceptors (Lipinski definition) is 3. The lowest BCUT2D eigenvalue weighted by atomic mass is 9.78. The van der Waals surface area contributed by atoms with Gasteiger partial charge in [-0.3, -0.25) is 9.88 Å². The first-order valence-corrected chi connectivity index (χ1v) is 8.29. The van der Waals surface area contributed by atoms with Gasteiger partial charge in [-0.2, -0.15) is 0 Å². The van der Waals surface area contributed by atoms with Crippen LogP contribution in [0.25, 0.3) is 0 Å². The van der Waals surface area contributed by atoms with Gasteiger partial charge in [-0.1, -0.05) is 26.8 Å². The minimum Gasteiger partial charge on any atom is -0.390 e. The van der Waals surface area contributed by atoms with Gasteiger partial charge in [0.1, 0.15) is 0 Å². The first kappa shape index (κ1) is 16.4. The van der Waals surface area contributed by atoms with Crippen molar-refractivity contribution >= 4 is 0 Å². The third-order valence-corrected chi connectivity index (χ3v) is 4.73. The number of hydrogen-bond donors (Lipinski definition) is 1. The van der Waals surface area contributed by atoms with Crippen LogP contribution in [0.4, 0.5) is 0 Å². The van der Waals surface area contributed by atoms with Crippen LogP contribution in [0.15, 0.2) is 18.3 Å². The maximum absolute atomic E-state index is 10.6. The van der Waals surface area contributed by atoms with Crippen LogP contribution in [0.3, 0.4) is 0 Å². The third-order valence-electron chi connectivity index (χ3n) is 4.73. The summed E-state index contributed by atoms with van der Waals surface area (Å²) in [5, 5.41) is 10.6. The molecule has 1 aliphatic rings. The van der Waals surface area contributed by atoms with Crippen LogP contribution in [0.5, 0.6) is 0 Å². The van der Waals surface area contributed by atoms with Crippen LogP contribution in [0.1, 0.15) is 51.8 Å². The van der Waals surface area contributed by atoms with Gasteiger partial charge in [-0.05, 0) is 43.7 Å². The molecule has 0 aromatic carbocycles. The van der Waals surface area contributed by atoms with E-state index < -0.39 is 5.60 Å². The summed E-state index contributed by atoms with van der Waals surface area (Å²) in [6, 6.07) is 4.32. The topological polar surface area (TPSA) is 36.4 Å². The van der Waals surface area contributed by atoms with Gasteiger partial charge in [-0.15, -0.1) is 0 Å². The van der Waals surface area contributed by atoms with Crippen LogP contribution in [-0.2, 0) is 13.0 Å². The maximum atomic E-state index is 10.6. The van der Waals surface area contributed by atoms with Crippen molar-refractivity contribution in [1.82, 2.24) is 9.88 Å². The van der Waals surface area contributed by atoms with E-state index in [9.17, 15) is 5.11 Å². The Morgan fingerprint density at radius 1 is 1.43 bits per heavy atom. The molecular formula is C18H30N2O. The molecule has 0 saturated carbocycles. The van der Waals surface area contributed by atoms with Gasteiger partial charge in [0.25, 0.3) is 0 Å². The molecule has 2 atom stereocenters. The van der Waals surface area contributed by atoms with Crippen LogP contribution in [0, 0.1) is 11.8 Å². The van der Waals surface area contributed by atoms with E-state index in [1.54, 1.807) is 0 Å². The van der Waals surface area contributed by atoms with Gasteiger partial charge >= 0.3 is 0 Å². The standard InChI is InChI=1S/C18H30N2O/c1-5-15-6-7-17(19-11-15)13-20-9-8-18(4,21)16(12-20)10-14(2)3/h6-7,11,14,16,21H,5,8-10,12-13H2,1-4H3/t16-,18+/m1/s1. The van der Waals surface area contributed by atoms with E-state index in [1.165, 1.54) is 5.56 Å². The molecular weight excluding hydrogens is 260 g/mol. The highest BCUT2D eigenvalue weighted by molar-refractivity contribution is 5.14. The van der Waals surface area contributed by atoms with Crippen molar-refractivity contribution < 1.29 is 5.11 Å². The highest BCUT2D eigenvalue weighted by atomic mass is 16.3. The minimum absolute atomic E-state index is 0.362. The van der Waals surface area contributed by atoms with Gasteiger partial charge in [0.15, 0.2) is 0 Å². The maximum Gasteiger partial charge on any atom is 0.0672 e. The predicted octanol–water partition coefficient (Wildman–Crippen LogP) is 3.26. The summed E-state index contributed by atoms with van der Waals surface area (Å²) in [6.07, 6.45) is 4.97. The lowest BCUT2D eigenvalue weighted by Crippen LogP contribution is -2.50. The fourth-order valence-corrected chi connectivity index (χ4v) is 3.22. The van der Waals surface area contributed by atoms with Crippen molar-refractivity contribution in [2.24, 2.45) is 11.8 Å². The quantitative estimate of drug-likeness (QED) is 0.904. The van der Waals surface area contributed by atoms with Crippen molar-refractivity contribution in [2.45, 2.75) is 59.1 Å². The molecule has 0 amide bonds. The molecule has 0 aliphatic carbocycles. The lowest BCUT2D eigenvalue weighted by molar-refractivity contribution is -0.0666. The number of aryl methyl sites for hydroxylation is 1. The van der Waals surface area contributed by atoms with Crippen molar-refractivity contribution in [1.29, 1.82) is 0 Å². The molecule has 0 unspecified atom stereocenters. The van der Waals surface area contributed by atoms with Gasteiger partial charge in [0, 0.05) is 31.7 Å². The highest BCUT2D eigenvalue weighted by Crippen LogP contribution is 2.32. The van der Waals surface area contributed by atoms with E-state index in [4.69, 9.17) is 0 Å². The monoisotopic (exact) mass is 290 g/mol. The van der Waals surface area contributed by atoms with Gasteiger partial charge in [0.05, 0.1) is 11.3 Å². The molecule has 0 spiro atoms. The Bertz CT molecular complexity index is 439. The van der Waals surface area contributed by atoms with E-state index in [0.29, 0.717) is 11.8 Å². The Kier molecular flexibility index (Phi) is 5.39. The average molecular weight is 290 g/mol. The smallest absolute Gasteiger partial charge is 0.0672 e. The van der Waals surface area contributed by atoms with Crippen molar-refractivity contribution in [2.75, 3.05) is 13.1 Å². The number of pyridine rings is 1. The molecule has 3 heteroatoms. The zero-order valence-electron chi connectivity index (χ0n) is 14.0. The Morgan fingerprint density at radius 3 is 2.76 bits per heavy atom. The lowest BCUT2D eigenvalue weighted by Gasteiger charge is -2.43. The summed E-state index contributed by atoms with van der Waals surface area (Å²) < 4.78 is 0. The molecule has 1 saturated heterocycles. The molecule has 1 aromatic rings. The molecule has 21 heavy (non-hydrogen) atoms. The van der Waals surface area contributed by atoms with Crippen molar-refractivity contribution in [3.8, 4) is 0 Å². The van der Waals surface area contributed by atoms with Gasteiger partial charge in [0.2, 0.25) is 0 Å². The van der Waals surface area contributed by atoms with Crippen LogP contribution in [0.2, 0.25) is 0 Å². The minimum atomic E-state index is -0.514. The van der Waals surface area contributed by atoms with Gasteiger partial charge in [-0.25, -0.2) is 0 Å². The first-order valence-electron chi connectivity index (χ1n) is 8.29. The molecule has 3 nitrogen and oxygen atoms in total. The second kappa shape index (κ2) is 6.89. The second-order valence-electron chi connectivity index (χ2n) is 7.18. The molecule has 1 aliphatic heterocycles. The summed E-state index contributed by atoms with van der Waals surface area (Å²) in [5.74, 6) is 0.990. The highest BCUT2D eigenvalue weighted by Gasteiger charge is 2.37. The molecule has 2 heterocycles. The number of nitrogens with zero attached hydrogens (tertiary/aromatic N) is 2. The molecule has 1 aromatic heterocycles. The average Bonchev–Trinajstić information content (AvgIpc) is 2.43. The zero-order valence-corrected chi connectivity index (χ0v) is 14.0. The fourth-order valence-electron chi connectivity index (χ4n) is 3.22. The Hall–Kier alpha value is -0.930. The third kappa shape index (κ3) is 4.52. The van der Waals surface area contributed by atoms with E-state index >= 15 is 0 Å². The van der Waals surface area contributed by atoms with E-state index in [0.717, 1.165) is 44.6 Å². The predicted molar refractivity (Wildman–Crippen MR) is 87.1 cm³/mol. The molecule has 118 valence electrons. The number of aromatic nitrogens is 1. The Morgan fingerprint density at radius 2 is 2.19 bits per heavy atom. The molecule has 2 rings (SSSR count). The van der Waals surface area contributed by atoms with E-state index in [1.807, 2.05) is 13.1 Å². The largest absolute Gasteiger partial charge is 0.390 e. The second-order valence-corrected chi connectivity index (χ2v) is 7.18. The SMILES string of the molecule is CCc1ccc(CN2CC[C@](C)(O)[C@H](CC(C)C)C2)nc1. The van der Waals surface area contributed by atoms with Crippen LogP contribution < -0.4 is 0 Å². The Labute approximate surface area is 129 Å². The van der Waals surface area contributed by atoms with Crippen molar-refractivity contribution in [3.05, 3.63) is 29.6 Å². The van der Waals surface area contributed by atoms with Crippen molar-refractivity contribution in [3.63, 3.8) is 0 Å². The first-order chi connectivity index (χ1) is 9.90. The van der Waals surface area contributed by atoms with Crippen LogP contribution >= 0.6 is 0 Å². The fraction of sp³-hybridized carbons (Fsp3) is 0.722. The number of aliphatic hydroxyl groups is 1. The molecule has 1 fully saturated rings. The molecule has 0 bridgehead atoms. The van der Waals surface area contributed by atoms with Crippen LogP contribution in [-0.4, -0.2) is 33.7 Å². The zero-order chi connectivity index (χ0) is 15.5.